The van der Waals surface area contributed by atoms with Gasteiger partial charge in [-0.3, -0.25) is 0 Å². The molecule has 0 aliphatic rings. The van der Waals surface area contributed by atoms with Crippen LogP contribution in [0.3, 0.4) is 0 Å². The molecule has 0 aliphatic carbocycles. The molecule has 1 rings (SSSR count). The van der Waals surface area contributed by atoms with E-state index in [0.29, 0.717) is 13.0 Å². The molecule has 0 fully saturated rings. The molecule has 1 aromatic heterocycles. The first-order chi connectivity index (χ1) is 9.29. The summed E-state index contributed by atoms with van der Waals surface area (Å²) in [6.45, 7) is 2.17. The first-order valence-electron chi connectivity index (χ1n) is 5.82. The molecule has 0 bridgehead atoms. The Morgan fingerprint density at radius 2 is 2.20 bits per heavy atom. The van der Waals surface area contributed by atoms with Gasteiger partial charge in [0.2, 0.25) is 0 Å². The average molecular weight is 308 g/mol. The molecular weight excluding hydrogens is 295 g/mol. The zero-order valence-corrected chi connectivity index (χ0v) is 11.4. The van der Waals surface area contributed by atoms with E-state index in [1.807, 2.05) is 6.92 Å². The number of nitrogens with one attached hydrogen (secondary N) is 1. The van der Waals surface area contributed by atoms with Crippen LogP contribution in [0.2, 0.25) is 5.15 Å². The Kier molecular flexibility index (Phi) is 5.60. The fourth-order valence-electron chi connectivity index (χ4n) is 1.54. The van der Waals surface area contributed by atoms with Crippen LogP contribution in [-0.2, 0) is 6.18 Å². The molecule has 0 radical (unpaired) electrons. The Morgan fingerprint density at radius 1 is 1.55 bits per heavy atom. The van der Waals surface area contributed by atoms with Crippen LogP contribution in [0.25, 0.3) is 0 Å². The summed E-state index contributed by atoms with van der Waals surface area (Å²) >= 11 is 5.60. The van der Waals surface area contributed by atoms with Crippen molar-refractivity contribution in [3.05, 3.63) is 22.3 Å². The lowest BCUT2D eigenvalue weighted by molar-refractivity contribution is -0.137. The number of nitrogens with zero attached hydrogens (tertiary/aromatic N) is 2. The minimum absolute atomic E-state index is 0.00178. The van der Waals surface area contributed by atoms with E-state index in [0.717, 1.165) is 6.07 Å². The molecule has 0 aromatic carbocycles. The van der Waals surface area contributed by atoms with Crippen molar-refractivity contribution >= 4 is 17.4 Å². The van der Waals surface area contributed by atoms with E-state index in [2.05, 4.69) is 10.3 Å². The van der Waals surface area contributed by atoms with Gasteiger partial charge in [-0.15, -0.1) is 0 Å². The van der Waals surface area contributed by atoms with Crippen LogP contribution in [0, 0.1) is 17.2 Å². The minimum Gasteiger partial charge on any atom is -0.396 e. The van der Waals surface area contributed by atoms with Crippen LogP contribution in [0.15, 0.2) is 6.07 Å². The van der Waals surface area contributed by atoms with Gasteiger partial charge in [-0.1, -0.05) is 18.5 Å². The smallest absolute Gasteiger partial charge is 0.396 e. The average Bonchev–Trinajstić information content (AvgIpc) is 2.35. The number of anilines is 1. The highest BCUT2D eigenvalue weighted by Gasteiger charge is 2.35. The Bertz CT molecular complexity index is 514. The van der Waals surface area contributed by atoms with Crippen LogP contribution >= 0.6 is 11.6 Å². The summed E-state index contributed by atoms with van der Waals surface area (Å²) in [6, 6.07) is 2.17. The van der Waals surface area contributed by atoms with Crippen molar-refractivity contribution in [3.8, 4) is 6.07 Å². The van der Waals surface area contributed by atoms with Crippen molar-refractivity contribution in [2.24, 2.45) is 5.92 Å². The largest absolute Gasteiger partial charge is 0.417 e. The lowest BCUT2D eigenvalue weighted by atomic mass is 10.1. The first kappa shape index (κ1) is 16.5. The summed E-state index contributed by atoms with van der Waals surface area (Å²) in [5, 5.41) is 19.7. The fourth-order valence-corrected chi connectivity index (χ4v) is 1.77. The van der Waals surface area contributed by atoms with Gasteiger partial charge in [-0.05, 0) is 18.4 Å². The number of alkyl halides is 3. The number of pyridine rings is 1. The SMILES string of the molecule is CC(CCO)CNc1cc(C(F)(F)F)c(C#N)c(Cl)n1. The van der Waals surface area contributed by atoms with Crippen molar-refractivity contribution in [3.63, 3.8) is 0 Å². The monoisotopic (exact) mass is 307 g/mol. The molecule has 0 aliphatic heterocycles. The summed E-state index contributed by atoms with van der Waals surface area (Å²) in [7, 11) is 0. The van der Waals surface area contributed by atoms with Crippen LogP contribution in [-0.4, -0.2) is 23.2 Å². The molecule has 0 spiro atoms. The van der Waals surface area contributed by atoms with Crippen LogP contribution in [0.5, 0.6) is 0 Å². The maximum absolute atomic E-state index is 12.8. The van der Waals surface area contributed by atoms with Crippen molar-refractivity contribution in [1.29, 1.82) is 5.26 Å². The molecule has 1 unspecified atom stereocenters. The van der Waals surface area contributed by atoms with Crippen molar-refractivity contribution < 1.29 is 18.3 Å². The number of halogens is 4. The zero-order chi connectivity index (χ0) is 15.3. The van der Waals surface area contributed by atoms with Gasteiger partial charge in [0.15, 0.2) is 0 Å². The predicted octanol–water partition coefficient (Wildman–Crippen LogP) is 3.06. The second-order valence-electron chi connectivity index (χ2n) is 4.33. The molecule has 4 nitrogen and oxygen atoms in total. The maximum Gasteiger partial charge on any atom is 0.417 e. The quantitative estimate of drug-likeness (QED) is 0.820. The second kappa shape index (κ2) is 6.77. The summed E-state index contributed by atoms with van der Waals surface area (Å²) in [5.74, 6) is 0.0108. The molecule has 20 heavy (non-hydrogen) atoms. The third-order valence-corrected chi connectivity index (χ3v) is 2.92. The van der Waals surface area contributed by atoms with E-state index in [-0.39, 0.29) is 18.3 Å². The minimum atomic E-state index is -4.68. The second-order valence-corrected chi connectivity index (χ2v) is 4.69. The molecule has 1 atom stereocenters. The number of hydrogen-bond acceptors (Lipinski definition) is 4. The number of aliphatic hydroxyl groups excluding tert-OH is 1. The number of aromatic nitrogens is 1. The Labute approximate surface area is 119 Å². The predicted molar refractivity (Wildman–Crippen MR) is 68.3 cm³/mol. The molecule has 8 heteroatoms. The lowest BCUT2D eigenvalue weighted by Crippen LogP contribution is -2.15. The number of aliphatic hydroxyl groups is 1. The van der Waals surface area contributed by atoms with Gasteiger partial charge in [0.05, 0.1) is 5.56 Å². The highest BCUT2D eigenvalue weighted by molar-refractivity contribution is 6.30. The van der Waals surface area contributed by atoms with Gasteiger partial charge < -0.3 is 10.4 Å². The third kappa shape index (κ3) is 4.25. The van der Waals surface area contributed by atoms with Gasteiger partial charge in [0.25, 0.3) is 0 Å². The highest BCUT2D eigenvalue weighted by atomic mass is 35.5. The number of nitriles is 1. The maximum atomic E-state index is 12.8. The summed E-state index contributed by atoms with van der Waals surface area (Å²) < 4.78 is 38.4. The molecule has 1 aromatic rings. The Hall–Kier alpha value is -1.52. The standard InChI is InChI=1S/C12H13ClF3N3O/c1-7(2-3-20)6-18-10-4-9(12(14,15)16)8(5-17)11(13)19-10/h4,7,20H,2-3,6H2,1H3,(H,18,19). The number of hydrogen-bond donors (Lipinski definition) is 2. The highest BCUT2D eigenvalue weighted by Crippen LogP contribution is 2.35. The molecule has 2 N–H and O–H groups in total. The summed E-state index contributed by atoms with van der Waals surface area (Å²) in [4.78, 5) is 3.72. The van der Waals surface area contributed by atoms with Crippen LogP contribution in [0.4, 0.5) is 19.0 Å². The molecular formula is C12H13ClF3N3O. The van der Waals surface area contributed by atoms with Crippen LogP contribution in [0.1, 0.15) is 24.5 Å². The van der Waals surface area contributed by atoms with E-state index in [1.54, 1.807) is 0 Å². The lowest BCUT2D eigenvalue weighted by Gasteiger charge is -2.15. The van der Waals surface area contributed by atoms with E-state index in [9.17, 15) is 13.2 Å². The topological polar surface area (TPSA) is 68.9 Å². The fraction of sp³-hybridized carbons (Fsp3) is 0.500. The van der Waals surface area contributed by atoms with Crippen LogP contribution < -0.4 is 5.32 Å². The van der Waals surface area contributed by atoms with Gasteiger partial charge >= 0.3 is 6.18 Å². The van der Waals surface area contributed by atoms with E-state index in [4.69, 9.17) is 22.0 Å². The van der Waals surface area contributed by atoms with Gasteiger partial charge in [0, 0.05) is 13.2 Å². The molecule has 0 amide bonds. The summed E-state index contributed by atoms with van der Waals surface area (Å²) in [5.41, 5.74) is -1.80. The Balaban J connectivity index is 3.01. The molecule has 1 heterocycles. The van der Waals surface area contributed by atoms with Crippen molar-refractivity contribution in [2.75, 3.05) is 18.5 Å². The van der Waals surface area contributed by atoms with Crippen molar-refractivity contribution in [1.82, 2.24) is 4.98 Å². The summed E-state index contributed by atoms with van der Waals surface area (Å²) in [6.07, 6.45) is -4.16. The van der Waals surface area contributed by atoms with Gasteiger partial charge in [0.1, 0.15) is 22.6 Å². The Morgan fingerprint density at radius 3 is 2.70 bits per heavy atom. The third-order valence-electron chi connectivity index (χ3n) is 2.65. The first-order valence-corrected chi connectivity index (χ1v) is 6.20. The molecule has 110 valence electrons. The molecule has 0 saturated heterocycles. The number of rotatable bonds is 5. The van der Waals surface area contributed by atoms with Crippen molar-refractivity contribution in [2.45, 2.75) is 19.5 Å². The van der Waals surface area contributed by atoms with E-state index < -0.39 is 22.5 Å². The van der Waals surface area contributed by atoms with E-state index in [1.165, 1.54) is 6.07 Å². The zero-order valence-electron chi connectivity index (χ0n) is 10.6. The van der Waals surface area contributed by atoms with Gasteiger partial charge in [-0.25, -0.2) is 4.98 Å². The molecule has 0 saturated carbocycles. The van der Waals surface area contributed by atoms with E-state index >= 15 is 0 Å². The normalized spacial score (nSPS) is 12.8. The van der Waals surface area contributed by atoms with Gasteiger partial charge in [-0.2, -0.15) is 18.4 Å².